The maximum absolute atomic E-state index is 9.07. The summed E-state index contributed by atoms with van der Waals surface area (Å²) in [6.45, 7) is 0. The summed E-state index contributed by atoms with van der Waals surface area (Å²) in [5.74, 6) is -0.172. The van der Waals surface area contributed by atoms with Crippen LogP contribution in [0.4, 0.5) is 0 Å². The van der Waals surface area contributed by atoms with E-state index in [9.17, 15) is 0 Å². The summed E-state index contributed by atoms with van der Waals surface area (Å²) >= 11 is 0. The van der Waals surface area contributed by atoms with Gasteiger partial charge in [0.15, 0.2) is 11.5 Å². The van der Waals surface area contributed by atoms with E-state index in [2.05, 4.69) is 4.98 Å². The Balaban J connectivity index is 2.86. The van der Waals surface area contributed by atoms with Crippen LogP contribution in [0.5, 0.6) is 11.5 Å². The van der Waals surface area contributed by atoms with Crippen LogP contribution in [0.2, 0.25) is 0 Å². The fourth-order valence-corrected chi connectivity index (χ4v) is 1.08. The molecule has 56 valence electrons. The Morgan fingerprint density at radius 1 is 0.909 bits per heavy atom. The maximum Gasteiger partial charge on any atom is 0.158 e. The van der Waals surface area contributed by atoms with E-state index >= 15 is 0 Å². The van der Waals surface area contributed by atoms with Crippen LogP contribution in [0.3, 0.4) is 0 Å². The highest BCUT2D eigenvalue weighted by atomic mass is 16.3. The summed E-state index contributed by atoms with van der Waals surface area (Å²) in [6, 6.07) is 3.03. The molecule has 0 saturated heterocycles. The number of phenols is 2. The number of hydrogen-bond donors (Lipinski definition) is 3. The van der Waals surface area contributed by atoms with Gasteiger partial charge in [0.25, 0.3) is 0 Å². The Morgan fingerprint density at radius 3 is 1.82 bits per heavy atom. The lowest BCUT2D eigenvalue weighted by molar-refractivity contribution is 0.405. The van der Waals surface area contributed by atoms with Gasteiger partial charge in [-0.15, -0.1) is 0 Å². The third kappa shape index (κ3) is 0.816. The SMILES string of the molecule is Oc1cc2c[nH]cc2cc1O. The molecule has 3 heteroatoms. The van der Waals surface area contributed by atoms with Crippen molar-refractivity contribution in [2.75, 3.05) is 0 Å². The fraction of sp³-hybridized carbons (Fsp3) is 0. The molecule has 0 aliphatic carbocycles. The molecule has 1 aromatic heterocycles. The standard InChI is InChI=1S/C8H7NO2/c10-7-1-5-3-9-4-6(5)2-8(7)11/h1-4,9-11H. The number of fused-ring (bicyclic) bond motifs is 1. The Kier molecular flexibility index (Phi) is 1.06. The average molecular weight is 149 g/mol. The van der Waals surface area contributed by atoms with Crippen LogP contribution in [0.1, 0.15) is 0 Å². The number of aromatic hydroxyl groups is 2. The lowest BCUT2D eigenvalue weighted by Gasteiger charge is -1.95. The highest BCUT2D eigenvalue weighted by Gasteiger charge is 2.00. The minimum Gasteiger partial charge on any atom is -0.504 e. The Hall–Kier alpha value is -1.64. The molecular formula is C8H7NO2. The van der Waals surface area contributed by atoms with Crippen LogP contribution in [0, 0.1) is 0 Å². The topological polar surface area (TPSA) is 56.2 Å². The summed E-state index contributed by atoms with van der Waals surface area (Å²) in [5.41, 5.74) is 0. The van der Waals surface area contributed by atoms with Gasteiger partial charge in [-0.3, -0.25) is 0 Å². The predicted octanol–water partition coefficient (Wildman–Crippen LogP) is 1.58. The average Bonchev–Trinajstić information content (AvgIpc) is 2.36. The largest absolute Gasteiger partial charge is 0.504 e. The van der Waals surface area contributed by atoms with Gasteiger partial charge < -0.3 is 15.2 Å². The van der Waals surface area contributed by atoms with E-state index in [1.165, 1.54) is 12.1 Å². The summed E-state index contributed by atoms with van der Waals surface area (Å²) < 4.78 is 0. The first-order valence-electron chi connectivity index (χ1n) is 3.26. The first-order chi connectivity index (χ1) is 5.27. The molecule has 0 radical (unpaired) electrons. The van der Waals surface area contributed by atoms with E-state index in [4.69, 9.17) is 10.2 Å². The zero-order valence-electron chi connectivity index (χ0n) is 5.70. The van der Waals surface area contributed by atoms with Gasteiger partial charge >= 0.3 is 0 Å². The summed E-state index contributed by atoms with van der Waals surface area (Å²) in [4.78, 5) is 2.87. The molecular weight excluding hydrogens is 142 g/mol. The van der Waals surface area contributed by atoms with Crippen LogP contribution >= 0.6 is 0 Å². The van der Waals surface area contributed by atoms with Crippen LogP contribution in [-0.4, -0.2) is 15.2 Å². The Bertz CT molecular complexity index is 356. The van der Waals surface area contributed by atoms with E-state index in [-0.39, 0.29) is 11.5 Å². The number of rotatable bonds is 0. The van der Waals surface area contributed by atoms with Gasteiger partial charge in [0.05, 0.1) is 0 Å². The lowest BCUT2D eigenvalue weighted by Crippen LogP contribution is -1.67. The van der Waals surface area contributed by atoms with E-state index in [1.54, 1.807) is 12.4 Å². The Morgan fingerprint density at radius 2 is 1.36 bits per heavy atom. The highest BCUT2D eigenvalue weighted by Crippen LogP contribution is 2.29. The highest BCUT2D eigenvalue weighted by molar-refractivity contribution is 5.85. The molecule has 0 atom stereocenters. The number of phenolic OH excluding ortho intramolecular Hbond substituents is 2. The first kappa shape index (κ1) is 6.09. The zero-order chi connectivity index (χ0) is 7.84. The molecule has 11 heavy (non-hydrogen) atoms. The number of nitrogens with one attached hydrogen (secondary N) is 1. The molecule has 0 amide bonds. The van der Waals surface area contributed by atoms with Crippen molar-refractivity contribution in [3.05, 3.63) is 24.5 Å². The van der Waals surface area contributed by atoms with Crippen molar-refractivity contribution in [1.82, 2.24) is 4.98 Å². The van der Waals surface area contributed by atoms with Gasteiger partial charge in [0.1, 0.15) is 0 Å². The molecule has 0 bridgehead atoms. The number of aromatic amines is 1. The van der Waals surface area contributed by atoms with Crippen molar-refractivity contribution in [1.29, 1.82) is 0 Å². The van der Waals surface area contributed by atoms with Gasteiger partial charge in [-0.2, -0.15) is 0 Å². The quantitative estimate of drug-likeness (QED) is 0.498. The molecule has 2 aromatic rings. The summed E-state index contributed by atoms with van der Waals surface area (Å²) in [7, 11) is 0. The second kappa shape index (κ2) is 1.92. The fourth-order valence-electron chi connectivity index (χ4n) is 1.08. The van der Waals surface area contributed by atoms with Gasteiger partial charge in [0.2, 0.25) is 0 Å². The lowest BCUT2D eigenvalue weighted by atomic mass is 10.2. The third-order valence-corrected chi connectivity index (χ3v) is 1.66. The van der Waals surface area contributed by atoms with Crippen molar-refractivity contribution in [2.24, 2.45) is 0 Å². The molecule has 0 saturated carbocycles. The molecule has 0 spiro atoms. The van der Waals surface area contributed by atoms with Crippen LogP contribution in [0.25, 0.3) is 10.8 Å². The first-order valence-corrected chi connectivity index (χ1v) is 3.26. The van der Waals surface area contributed by atoms with E-state index in [1.807, 2.05) is 0 Å². The second-order valence-electron chi connectivity index (χ2n) is 2.43. The normalized spacial score (nSPS) is 10.5. The molecule has 0 fully saturated rings. The number of benzene rings is 1. The maximum atomic E-state index is 9.07. The molecule has 0 aliphatic rings. The summed E-state index contributed by atoms with van der Waals surface area (Å²) in [5, 5.41) is 19.9. The van der Waals surface area contributed by atoms with Gasteiger partial charge in [-0.25, -0.2) is 0 Å². The van der Waals surface area contributed by atoms with Crippen LogP contribution in [-0.2, 0) is 0 Å². The van der Waals surface area contributed by atoms with Crippen molar-refractivity contribution < 1.29 is 10.2 Å². The van der Waals surface area contributed by atoms with E-state index in [0.29, 0.717) is 0 Å². The Labute approximate surface area is 62.9 Å². The molecule has 2 rings (SSSR count). The van der Waals surface area contributed by atoms with Crippen LogP contribution in [0.15, 0.2) is 24.5 Å². The van der Waals surface area contributed by atoms with Crippen molar-refractivity contribution in [2.45, 2.75) is 0 Å². The van der Waals surface area contributed by atoms with Crippen molar-refractivity contribution in [3.8, 4) is 11.5 Å². The van der Waals surface area contributed by atoms with Gasteiger partial charge in [0, 0.05) is 23.2 Å². The van der Waals surface area contributed by atoms with E-state index in [0.717, 1.165) is 10.8 Å². The number of aromatic nitrogens is 1. The molecule has 0 unspecified atom stereocenters. The minimum atomic E-state index is -0.0860. The predicted molar refractivity (Wildman–Crippen MR) is 41.6 cm³/mol. The molecule has 3 N–H and O–H groups in total. The molecule has 3 nitrogen and oxygen atoms in total. The van der Waals surface area contributed by atoms with Crippen LogP contribution < -0.4 is 0 Å². The van der Waals surface area contributed by atoms with Gasteiger partial charge in [-0.05, 0) is 12.1 Å². The number of H-pyrrole nitrogens is 1. The van der Waals surface area contributed by atoms with Gasteiger partial charge in [-0.1, -0.05) is 0 Å². The summed E-state index contributed by atoms with van der Waals surface area (Å²) in [6.07, 6.45) is 3.52. The molecule has 1 heterocycles. The third-order valence-electron chi connectivity index (χ3n) is 1.66. The minimum absolute atomic E-state index is 0.0860. The number of hydrogen-bond acceptors (Lipinski definition) is 2. The second-order valence-corrected chi connectivity index (χ2v) is 2.43. The monoisotopic (exact) mass is 149 g/mol. The molecule has 0 aliphatic heterocycles. The van der Waals surface area contributed by atoms with Crippen molar-refractivity contribution >= 4 is 10.8 Å². The van der Waals surface area contributed by atoms with Crippen molar-refractivity contribution in [3.63, 3.8) is 0 Å². The van der Waals surface area contributed by atoms with E-state index < -0.39 is 0 Å². The smallest absolute Gasteiger partial charge is 0.158 e. The molecule has 1 aromatic carbocycles. The zero-order valence-corrected chi connectivity index (χ0v) is 5.70.